The van der Waals surface area contributed by atoms with Crippen molar-refractivity contribution in [2.45, 2.75) is 137 Å². The Balaban J connectivity index is 2.18. The summed E-state index contributed by atoms with van der Waals surface area (Å²) in [5, 5.41) is 2.90. The number of hydrogen-bond donors (Lipinski definition) is 1. The molecule has 0 aliphatic carbocycles. The van der Waals surface area contributed by atoms with Crippen LogP contribution >= 0.6 is 0 Å². The fraction of sp³-hybridized carbons (Fsp3) is 0.700. The predicted octanol–water partition coefficient (Wildman–Crippen LogP) is 4.38. The Kier molecular flexibility index (Phi) is 15.7. The molecule has 0 saturated carbocycles. The van der Waals surface area contributed by atoms with Crippen LogP contribution in [0.15, 0.2) is 30.3 Å². The number of rotatable bonds is 9. The normalized spacial score (nSPS) is 28.2. The largest absolute Gasteiger partial charge is 0.460 e. The van der Waals surface area contributed by atoms with Gasteiger partial charge in [0.2, 0.25) is 17.7 Å². The van der Waals surface area contributed by atoms with Gasteiger partial charge in [-0.2, -0.15) is 0 Å². The SMILES string of the molecule is CCCCC1OC(=O)C(C(C)CC)N(C)C(=O)C2CCCN2C(=O)C(C(C)C)OC(=O)C(Cc2ccccc2)N(C)C(=O)C(C(C)C)NC(=O)C1C. The molecule has 12 nitrogen and oxygen atoms in total. The Bertz CT molecular complexity index is 1400. The molecule has 0 spiro atoms. The number of benzene rings is 1. The van der Waals surface area contributed by atoms with E-state index < -0.39 is 83.8 Å². The molecule has 2 aliphatic rings. The van der Waals surface area contributed by atoms with Gasteiger partial charge in [-0.05, 0) is 42.6 Å². The van der Waals surface area contributed by atoms with Crippen LogP contribution in [0.5, 0.6) is 0 Å². The van der Waals surface area contributed by atoms with Gasteiger partial charge in [0.15, 0.2) is 6.10 Å². The maximum absolute atomic E-state index is 14.3. The van der Waals surface area contributed by atoms with Crippen LogP contribution in [0.3, 0.4) is 0 Å². The molecule has 8 unspecified atom stereocenters. The highest BCUT2D eigenvalue weighted by Crippen LogP contribution is 2.28. The molecule has 12 heteroatoms. The van der Waals surface area contributed by atoms with E-state index in [1.165, 1.54) is 21.7 Å². The first-order valence-corrected chi connectivity index (χ1v) is 19.1. The van der Waals surface area contributed by atoms with E-state index >= 15 is 0 Å². The summed E-state index contributed by atoms with van der Waals surface area (Å²) in [6.07, 6.45) is 1.48. The summed E-state index contributed by atoms with van der Waals surface area (Å²) in [4.78, 5) is 89.1. The number of nitrogens with one attached hydrogen (secondary N) is 1. The molecule has 0 radical (unpaired) electrons. The van der Waals surface area contributed by atoms with E-state index in [0.29, 0.717) is 32.1 Å². The third-order valence-corrected chi connectivity index (χ3v) is 10.8. The van der Waals surface area contributed by atoms with Crippen LogP contribution in [-0.2, 0) is 44.7 Å². The number of amides is 4. The molecule has 52 heavy (non-hydrogen) atoms. The summed E-state index contributed by atoms with van der Waals surface area (Å²) >= 11 is 0. The van der Waals surface area contributed by atoms with E-state index in [4.69, 9.17) is 9.47 Å². The number of hydrogen-bond acceptors (Lipinski definition) is 8. The number of cyclic esters (lactones) is 2. The molecule has 4 amide bonds. The number of carbonyl (C=O) groups excluding carboxylic acids is 6. The zero-order chi connectivity index (χ0) is 38.9. The van der Waals surface area contributed by atoms with Crippen molar-refractivity contribution in [3.8, 4) is 0 Å². The smallest absolute Gasteiger partial charge is 0.329 e. The van der Waals surface area contributed by atoms with Crippen molar-refractivity contribution in [3.05, 3.63) is 35.9 Å². The summed E-state index contributed by atoms with van der Waals surface area (Å²) < 4.78 is 12.2. The van der Waals surface area contributed by atoms with Crippen molar-refractivity contribution in [2.24, 2.45) is 23.7 Å². The van der Waals surface area contributed by atoms with E-state index in [-0.39, 0.29) is 24.8 Å². The molecule has 1 N–H and O–H groups in total. The maximum atomic E-state index is 14.3. The fourth-order valence-corrected chi connectivity index (χ4v) is 7.08. The number of likely N-dealkylation sites (N-methyl/N-ethyl adjacent to an activating group) is 2. The molecule has 0 aromatic heterocycles. The first kappa shape index (κ1) is 42.5. The minimum Gasteiger partial charge on any atom is -0.460 e. The molecule has 3 rings (SSSR count). The van der Waals surface area contributed by atoms with Crippen LogP contribution in [0.2, 0.25) is 0 Å². The Morgan fingerprint density at radius 2 is 1.48 bits per heavy atom. The average molecular weight is 727 g/mol. The Morgan fingerprint density at radius 3 is 2.06 bits per heavy atom. The molecule has 2 saturated heterocycles. The van der Waals surface area contributed by atoms with Crippen LogP contribution < -0.4 is 5.32 Å². The summed E-state index contributed by atoms with van der Waals surface area (Å²) in [6.45, 7) is 14.9. The van der Waals surface area contributed by atoms with Gasteiger partial charge in [0.05, 0.1) is 5.92 Å². The molecule has 1 aromatic rings. The highest BCUT2D eigenvalue weighted by atomic mass is 16.6. The standard InChI is InChI=1S/C40H62N4O8/c1-11-13-21-31-27(8)35(45)41-32(24(3)4)37(47)42(9)30(23-28-18-15-14-16-19-28)39(49)52-34(25(5)6)38(48)44-22-17-20-29(44)36(46)43(10)33(26(7)12-2)40(50)51-31/h14-16,18-19,24-27,29-34H,11-13,17,20-23H2,1-10H3,(H,41,45). The Hall–Kier alpha value is -3.96. The lowest BCUT2D eigenvalue weighted by Crippen LogP contribution is -2.57. The van der Waals surface area contributed by atoms with Crippen molar-refractivity contribution in [1.82, 2.24) is 20.0 Å². The van der Waals surface area contributed by atoms with E-state index in [1.807, 2.05) is 51.1 Å². The summed E-state index contributed by atoms with van der Waals surface area (Å²) in [7, 11) is 3.06. The summed E-state index contributed by atoms with van der Waals surface area (Å²) in [5.41, 5.74) is 0.776. The van der Waals surface area contributed by atoms with E-state index in [2.05, 4.69) is 5.32 Å². The maximum Gasteiger partial charge on any atom is 0.329 e. The van der Waals surface area contributed by atoms with Crippen LogP contribution in [0.1, 0.15) is 99.5 Å². The van der Waals surface area contributed by atoms with Gasteiger partial charge in [0, 0.05) is 27.1 Å². The number of fused-ring (bicyclic) bond motifs is 1. The number of esters is 2. The highest BCUT2D eigenvalue weighted by Gasteiger charge is 2.45. The third kappa shape index (κ3) is 10.1. The lowest BCUT2D eigenvalue weighted by molar-refractivity contribution is -0.171. The van der Waals surface area contributed by atoms with Crippen molar-refractivity contribution < 1.29 is 38.2 Å². The van der Waals surface area contributed by atoms with E-state index in [9.17, 15) is 28.8 Å². The molecule has 2 aliphatic heterocycles. The number of ether oxygens (including phenoxy) is 2. The van der Waals surface area contributed by atoms with Crippen molar-refractivity contribution in [1.29, 1.82) is 0 Å². The zero-order valence-corrected chi connectivity index (χ0v) is 32.9. The predicted molar refractivity (Wildman–Crippen MR) is 198 cm³/mol. The van der Waals surface area contributed by atoms with Gasteiger partial charge in [-0.1, -0.05) is 105 Å². The van der Waals surface area contributed by atoms with Crippen LogP contribution in [0.25, 0.3) is 0 Å². The number of nitrogens with zero attached hydrogens (tertiary/aromatic N) is 3. The number of carbonyl (C=O) groups is 6. The molecule has 290 valence electrons. The molecular formula is C40H62N4O8. The molecule has 2 fully saturated rings. The van der Waals surface area contributed by atoms with Crippen molar-refractivity contribution >= 4 is 35.6 Å². The van der Waals surface area contributed by atoms with Gasteiger partial charge in [0.1, 0.15) is 30.3 Å². The highest BCUT2D eigenvalue weighted by molar-refractivity contribution is 5.95. The van der Waals surface area contributed by atoms with Gasteiger partial charge in [0.25, 0.3) is 5.91 Å². The summed E-state index contributed by atoms with van der Waals surface area (Å²) in [5.74, 6) is -5.17. The minimum atomic E-state index is -1.23. The van der Waals surface area contributed by atoms with Crippen LogP contribution in [0, 0.1) is 23.7 Å². The molecule has 8 atom stereocenters. The van der Waals surface area contributed by atoms with E-state index in [0.717, 1.165) is 12.0 Å². The van der Waals surface area contributed by atoms with Crippen LogP contribution in [0.4, 0.5) is 0 Å². The van der Waals surface area contributed by atoms with Gasteiger partial charge in [-0.15, -0.1) is 0 Å². The molecule has 0 bridgehead atoms. The topological polar surface area (TPSA) is 143 Å². The van der Waals surface area contributed by atoms with Crippen LogP contribution in [-0.4, -0.2) is 107 Å². The second-order valence-electron chi connectivity index (χ2n) is 15.4. The van der Waals surface area contributed by atoms with Crippen molar-refractivity contribution in [3.63, 3.8) is 0 Å². The number of unbranched alkanes of at least 4 members (excludes halogenated alkanes) is 1. The third-order valence-electron chi connectivity index (χ3n) is 10.8. The lowest BCUT2D eigenvalue weighted by Gasteiger charge is -2.37. The zero-order valence-electron chi connectivity index (χ0n) is 32.9. The second kappa shape index (κ2) is 19.2. The molecular weight excluding hydrogens is 664 g/mol. The quantitative estimate of drug-likeness (QED) is 0.370. The van der Waals surface area contributed by atoms with Gasteiger partial charge in [-0.25, -0.2) is 9.59 Å². The Labute approximate surface area is 310 Å². The molecule has 2 heterocycles. The first-order chi connectivity index (χ1) is 24.5. The van der Waals surface area contributed by atoms with Crippen molar-refractivity contribution in [2.75, 3.05) is 20.6 Å². The van der Waals surface area contributed by atoms with Gasteiger partial charge in [-0.3, -0.25) is 19.2 Å². The second-order valence-corrected chi connectivity index (χ2v) is 15.4. The first-order valence-electron chi connectivity index (χ1n) is 19.1. The molecule has 1 aromatic carbocycles. The fourth-order valence-electron chi connectivity index (χ4n) is 7.08. The Morgan fingerprint density at radius 1 is 0.827 bits per heavy atom. The monoisotopic (exact) mass is 726 g/mol. The van der Waals surface area contributed by atoms with Gasteiger partial charge < -0.3 is 29.5 Å². The average Bonchev–Trinajstić information content (AvgIpc) is 3.61. The lowest BCUT2D eigenvalue weighted by atomic mass is 9.94. The summed E-state index contributed by atoms with van der Waals surface area (Å²) in [6, 6.07) is 5.23. The van der Waals surface area contributed by atoms with E-state index in [1.54, 1.807) is 41.7 Å². The van der Waals surface area contributed by atoms with Gasteiger partial charge >= 0.3 is 11.9 Å². The minimum absolute atomic E-state index is 0.109.